The third-order valence-electron chi connectivity index (χ3n) is 2.74. The van der Waals surface area contributed by atoms with Gasteiger partial charge in [-0.2, -0.15) is 0 Å². The van der Waals surface area contributed by atoms with Gasteiger partial charge in [0.1, 0.15) is 12.4 Å². The fraction of sp³-hybridized carbons (Fsp3) is 0.462. The van der Waals surface area contributed by atoms with Gasteiger partial charge >= 0.3 is 5.97 Å². The van der Waals surface area contributed by atoms with E-state index >= 15 is 0 Å². The monoisotopic (exact) mass is 282 g/mol. The third kappa shape index (κ3) is 5.23. The number of non-ortho nitro benzene ring substituents is 1. The largest absolute Gasteiger partial charge is 0.492 e. The maximum atomic E-state index is 10.7. The molecule has 0 atom stereocenters. The number of carboxylic acids is 1. The number of hydrogen-bond donors (Lipinski definition) is 1. The maximum Gasteiger partial charge on any atom is 0.317 e. The lowest BCUT2D eigenvalue weighted by molar-refractivity contribution is -0.384. The van der Waals surface area contributed by atoms with Gasteiger partial charge in [0.25, 0.3) is 5.69 Å². The topological polar surface area (TPSA) is 92.9 Å². The average molecular weight is 282 g/mol. The predicted octanol–water partition coefficient (Wildman–Crippen LogP) is 1.77. The molecule has 7 heteroatoms. The number of benzene rings is 1. The molecule has 1 N–H and O–H groups in total. The summed E-state index contributed by atoms with van der Waals surface area (Å²) < 4.78 is 5.42. The molecule has 1 aromatic carbocycles. The number of carboxylic acid groups (broad SMARTS) is 1. The van der Waals surface area contributed by atoms with Crippen molar-refractivity contribution in [2.75, 3.05) is 19.7 Å². The molecule has 0 aliphatic carbocycles. The molecule has 0 amide bonds. The molecule has 110 valence electrons. The number of nitro groups is 1. The van der Waals surface area contributed by atoms with Crippen LogP contribution in [0.3, 0.4) is 0 Å². The van der Waals surface area contributed by atoms with Crippen LogP contribution in [0.2, 0.25) is 0 Å². The van der Waals surface area contributed by atoms with Gasteiger partial charge in [0, 0.05) is 18.7 Å². The normalized spacial score (nSPS) is 10.8. The molecule has 20 heavy (non-hydrogen) atoms. The number of rotatable bonds is 8. The van der Waals surface area contributed by atoms with Gasteiger partial charge in [-0.3, -0.25) is 19.8 Å². The van der Waals surface area contributed by atoms with E-state index in [1.165, 1.54) is 12.1 Å². The van der Waals surface area contributed by atoms with Gasteiger partial charge in [-0.05, 0) is 19.9 Å². The minimum atomic E-state index is -0.894. The van der Waals surface area contributed by atoms with Crippen LogP contribution in [0.15, 0.2) is 24.3 Å². The van der Waals surface area contributed by atoms with Crippen LogP contribution in [-0.4, -0.2) is 46.6 Å². The Bertz CT molecular complexity index is 476. The summed E-state index contributed by atoms with van der Waals surface area (Å²) in [5, 5.41) is 19.4. The first-order valence-corrected chi connectivity index (χ1v) is 6.23. The van der Waals surface area contributed by atoms with Crippen molar-refractivity contribution in [3.8, 4) is 5.75 Å². The van der Waals surface area contributed by atoms with Crippen LogP contribution in [0.4, 0.5) is 5.69 Å². The maximum absolute atomic E-state index is 10.7. The molecule has 0 heterocycles. The van der Waals surface area contributed by atoms with E-state index < -0.39 is 10.9 Å². The smallest absolute Gasteiger partial charge is 0.317 e. The first-order chi connectivity index (χ1) is 9.40. The number of nitro benzene ring substituents is 1. The lowest BCUT2D eigenvalue weighted by Gasteiger charge is -2.24. The zero-order valence-electron chi connectivity index (χ0n) is 11.5. The van der Waals surface area contributed by atoms with Gasteiger partial charge in [-0.1, -0.05) is 6.07 Å². The van der Waals surface area contributed by atoms with Crippen LogP contribution >= 0.6 is 0 Å². The summed E-state index contributed by atoms with van der Waals surface area (Å²) in [6.07, 6.45) is 0. The van der Waals surface area contributed by atoms with E-state index in [9.17, 15) is 14.9 Å². The molecule has 0 saturated heterocycles. The van der Waals surface area contributed by atoms with Crippen molar-refractivity contribution >= 4 is 11.7 Å². The summed E-state index contributed by atoms with van der Waals surface area (Å²) in [5.74, 6) is -0.493. The van der Waals surface area contributed by atoms with Gasteiger partial charge in [-0.25, -0.2) is 0 Å². The van der Waals surface area contributed by atoms with Crippen molar-refractivity contribution in [2.24, 2.45) is 0 Å². The highest BCUT2D eigenvalue weighted by molar-refractivity contribution is 5.69. The molecular weight excluding hydrogens is 264 g/mol. The molecule has 1 aromatic rings. The van der Waals surface area contributed by atoms with Crippen molar-refractivity contribution in [3.05, 3.63) is 34.4 Å². The zero-order chi connectivity index (χ0) is 15.1. The lowest BCUT2D eigenvalue weighted by Crippen LogP contribution is -2.38. The Morgan fingerprint density at radius 1 is 1.50 bits per heavy atom. The van der Waals surface area contributed by atoms with Gasteiger partial charge < -0.3 is 9.84 Å². The molecule has 0 aliphatic rings. The highest BCUT2D eigenvalue weighted by atomic mass is 16.6. The van der Waals surface area contributed by atoms with Gasteiger partial charge in [0.2, 0.25) is 0 Å². The number of carbonyl (C=O) groups is 1. The fourth-order valence-electron chi connectivity index (χ4n) is 1.66. The molecular formula is C13H18N2O5. The molecule has 0 fully saturated rings. The van der Waals surface area contributed by atoms with Crippen molar-refractivity contribution in [1.82, 2.24) is 4.90 Å². The minimum Gasteiger partial charge on any atom is -0.492 e. The van der Waals surface area contributed by atoms with Crippen LogP contribution < -0.4 is 4.74 Å². The van der Waals surface area contributed by atoms with E-state index in [1.54, 1.807) is 17.0 Å². The quantitative estimate of drug-likeness (QED) is 0.577. The molecule has 0 spiro atoms. The van der Waals surface area contributed by atoms with Crippen LogP contribution in [0, 0.1) is 10.1 Å². The average Bonchev–Trinajstić information content (AvgIpc) is 2.37. The first-order valence-electron chi connectivity index (χ1n) is 6.23. The second kappa shape index (κ2) is 7.44. The van der Waals surface area contributed by atoms with E-state index in [1.807, 2.05) is 13.8 Å². The zero-order valence-corrected chi connectivity index (χ0v) is 11.5. The Kier molecular flexibility index (Phi) is 5.92. The second-order valence-corrected chi connectivity index (χ2v) is 4.56. The summed E-state index contributed by atoms with van der Waals surface area (Å²) in [7, 11) is 0. The van der Waals surface area contributed by atoms with Crippen molar-refractivity contribution in [3.63, 3.8) is 0 Å². The summed E-state index contributed by atoms with van der Waals surface area (Å²) in [6, 6.07) is 5.99. The van der Waals surface area contributed by atoms with Crippen LogP contribution in [0.25, 0.3) is 0 Å². The predicted molar refractivity (Wildman–Crippen MR) is 72.9 cm³/mol. The van der Waals surface area contributed by atoms with Crippen LogP contribution in [0.1, 0.15) is 13.8 Å². The molecule has 0 unspecified atom stereocenters. The van der Waals surface area contributed by atoms with Crippen molar-refractivity contribution in [2.45, 2.75) is 19.9 Å². The number of aliphatic carboxylic acids is 1. The van der Waals surface area contributed by atoms with Gasteiger partial charge in [0.05, 0.1) is 17.5 Å². The van der Waals surface area contributed by atoms with Gasteiger partial charge in [0.15, 0.2) is 0 Å². The van der Waals surface area contributed by atoms with E-state index in [2.05, 4.69) is 0 Å². The highest BCUT2D eigenvalue weighted by Gasteiger charge is 2.13. The van der Waals surface area contributed by atoms with E-state index in [-0.39, 0.29) is 24.9 Å². The summed E-state index contributed by atoms with van der Waals surface area (Å²) >= 11 is 0. The van der Waals surface area contributed by atoms with Crippen LogP contribution in [0.5, 0.6) is 5.75 Å². The minimum absolute atomic E-state index is 0.0336. The molecule has 0 aromatic heterocycles. The Labute approximate surface area is 116 Å². The van der Waals surface area contributed by atoms with E-state index in [4.69, 9.17) is 9.84 Å². The second-order valence-electron chi connectivity index (χ2n) is 4.56. The Balaban J connectivity index is 2.52. The fourth-order valence-corrected chi connectivity index (χ4v) is 1.66. The number of ether oxygens (including phenoxy) is 1. The SMILES string of the molecule is CC(C)N(CCOc1cccc([N+](=O)[O-])c1)CC(=O)O. The molecule has 0 aliphatic heterocycles. The molecule has 1 rings (SSSR count). The third-order valence-corrected chi connectivity index (χ3v) is 2.74. The standard InChI is InChI=1S/C13H18N2O5/c1-10(2)14(9-13(16)17)6-7-20-12-5-3-4-11(8-12)15(18)19/h3-5,8,10H,6-7,9H2,1-2H3,(H,16,17). The summed E-state index contributed by atoms with van der Waals surface area (Å²) in [4.78, 5) is 22.6. The first kappa shape index (κ1) is 15.9. The van der Waals surface area contributed by atoms with Crippen LogP contribution in [-0.2, 0) is 4.79 Å². The highest BCUT2D eigenvalue weighted by Crippen LogP contribution is 2.18. The van der Waals surface area contributed by atoms with Crippen molar-refractivity contribution < 1.29 is 19.6 Å². The van der Waals surface area contributed by atoms with Gasteiger partial charge in [-0.15, -0.1) is 0 Å². The number of nitrogens with zero attached hydrogens (tertiary/aromatic N) is 2. The van der Waals surface area contributed by atoms with Crippen molar-refractivity contribution in [1.29, 1.82) is 0 Å². The summed E-state index contributed by atoms with van der Waals surface area (Å²) in [6.45, 7) is 4.45. The molecule has 0 saturated carbocycles. The molecule has 7 nitrogen and oxygen atoms in total. The molecule has 0 bridgehead atoms. The Morgan fingerprint density at radius 2 is 2.20 bits per heavy atom. The Hall–Kier alpha value is -2.15. The van der Waals surface area contributed by atoms with E-state index in [0.717, 1.165) is 0 Å². The van der Waals surface area contributed by atoms with E-state index in [0.29, 0.717) is 12.3 Å². The Morgan fingerprint density at radius 3 is 2.75 bits per heavy atom. The lowest BCUT2D eigenvalue weighted by atomic mass is 10.3. The molecule has 0 radical (unpaired) electrons. The summed E-state index contributed by atoms with van der Waals surface area (Å²) in [5.41, 5.74) is -0.0336. The number of hydrogen-bond acceptors (Lipinski definition) is 5.